The number of amides is 1. The monoisotopic (exact) mass is 389 g/mol. The Morgan fingerprint density at radius 1 is 1.14 bits per heavy atom. The summed E-state index contributed by atoms with van der Waals surface area (Å²) in [5, 5.41) is 4.12. The Labute approximate surface area is 171 Å². The highest BCUT2D eigenvalue weighted by Gasteiger charge is 2.11. The van der Waals surface area contributed by atoms with Gasteiger partial charge in [-0.1, -0.05) is 12.1 Å². The highest BCUT2D eigenvalue weighted by Crippen LogP contribution is 2.20. The molecule has 0 unspecified atom stereocenters. The highest BCUT2D eigenvalue weighted by molar-refractivity contribution is 5.98. The Morgan fingerprint density at radius 2 is 1.90 bits per heavy atom. The second-order valence-electron chi connectivity index (χ2n) is 7.45. The van der Waals surface area contributed by atoms with Gasteiger partial charge in [0.2, 0.25) is 0 Å². The third kappa shape index (κ3) is 4.16. The predicted molar refractivity (Wildman–Crippen MR) is 118 cm³/mol. The molecule has 2 aromatic carbocycles. The maximum Gasteiger partial charge on any atom is 0.271 e. The van der Waals surface area contributed by atoms with Gasteiger partial charge in [0, 0.05) is 30.9 Å². The number of fused-ring (bicyclic) bond motifs is 1. The summed E-state index contributed by atoms with van der Waals surface area (Å²) >= 11 is 0. The second kappa shape index (κ2) is 8.47. The molecule has 1 aliphatic rings. The molecule has 0 saturated carbocycles. The zero-order chi connectivity index (χ0) is 20.2. The average Bonchev–Trinajstić information content (AvgIpc) is 3.08. The van der Waals surface area contributed by atoms with Gasteiger partial charge in [0.15, 0.2) is 0 Å². The Kier molecular flexibility index (Phi) is 5.60. The zero-order valence-corrected chi connectivity index (χ0v) is 17.1. The average molecular weight is 390 g/mol. The molecule has 1 N–H and O–H groups in total. The molecule has 3 aromatic rings. The first kappa shape index (κ1) is 19.2. The molecule has 2 heterocycles. The largest absolute Gasteiger partial charge is 0.372 e. The smallest absolute Gasteiger partial charge is 0.271 e. The number of aryl methyl sites for hydroxylation is 2. The van der Waals surface area contributed by atoms with E-state index in [4.69, 9.17) is 0 Å². The van der Waals surface area contributed by atoms with Crippen molar-refractivity contribution in [1.82, 2.24) is 15.0 Å². The quantitative estimate of drug-likeness (QED) is 0.527. The lowest BCUT2D eigenvalue weighted by Gasteiger charge is -2.28. The van der Waals surface area contributed by atoms with Crippen LogP contribution in [0.4, 0.5) is 5.69 Å². The van der Waals surface area contributed by atoms with Crippen LogP contribution in [0.25, 0.3) is 11.0 Å². The van der Waals surface area contributed by atoms with Crippen molar-refractivity contribution >= 4 is 28.8 Å². The van der Waals surface area contributed by atoms with E-state index in [9.17, 15) is 4.79 Å². The van der Waals surface area contributed by atoms with Gasteiger partial charge in [0.25, 0.3) is 5.91 Å². The van der Waals surface area contributed by atoms with Gasteiger partial charge in [-0.15, -0.1) is 0 Å². The lowest BCUT2D eigenvalue weighted by atomic mass is 10.1. The molecule has 1 amide bonds. The summed E-state index contributed by atoms with van der Waals surface area (Å²) in [5.41, 5.74) is 7.24. The molecule has 0 aliphatic carbocycles. The van der Waals surface area contributed by atoms with Gasteiger partial charge in [0.05, 0.1) is 17.2 Å². The summed E-state index contributed by atoms with van der Waals surface area (Å²) in [4.78, 5) is 19.4. The molecule has 0 radical (unpaired) electrons. The molecule has 29 heavy (non-hydrogen) atoms. The molecule has 0 spiro atoms. The standard InChI is InChI=1S/C23H27N5O/c1-3-28-17(2)25-21-15-19(9-12-22(21)28)23(29)26-24-16-18-7-10-20(11-8-18)27-13-5-4-6-14-27/h7-12,15-16H,3-6,13-14H2,1-2H3,(H,26,29)/b24-16-. The Balaban J connectivity index is 1.40. The number of aromatic nitrogens is 2. The van der Waals surface area contributed by atoms with Gasteiger partial charge < -0.3 is 9.47 Å². The minimum atomic E-state index is -0.239. The molecule has 6 nitrogen and oxygen atoms in total. The van der Waals surface area contributed by atoms with Crippen LogP contribution in [0.5, 0.6) is 0 Å². The molecule has 4 rings (SSSR count). The summed E-state index contributed by atoms with van der Waals surface area (Å²) in [5.74, 6) is 0.711. The highest BCUT2D eigenvalue weighted by atomic mass is 16.2. The minimum absolute atomic E-state index is 0.239. The van der Waals surface area contributed by atoms with Gasteiger partial charge in [0.1, 0.15) is 5.82 Å². The molecule has 1 fully saturated rings. The van der Waals surface area contributed by atoms with Crippen molar-refractivity contribution in [2.45, 2.75) is 39.7 Å². The van der Waals surface area contributed by atoms with E-state index in [1.165, 1.54) is 24.9 Å². The first-order chi connectivity index (χ1) is 14.2. The van der Waals surface area contributed by atoms with Gasteiger partial charge in [-0.3, -0.25) is 4.79 Å². The fourth-order valence-corrected chi connectivity index (χ4v) is 3.94. The van der Waals surface area contributed by atoms with Crippen molar-refractivity contribution in [2.24, 2.45) is 5.10 Å². The van der Waals surface area contributed by atoms with Crippen molar-refractivity contribution in [3.63, 3.8) is 0 Å². The van der Waals surface area contributed by atoms with E-state index >= 15 is 0 Å². The zero-order valence-electron chi connectivity index (χ0n) is 17.1. The van der Waals surface area contributed by atoms with Crippen LogP contribution in [-0.2, 0) is 6.54 Å². The minimum Gasteiger partial charge on any atom is -0.372 e. The van der Waals surface area contributed by atoms with Crippen LogP contribution in [0.2, 0.25) is 0 Å². The second-order valence-corrected chi connectivity index (χ2v) is 7.45. The summed E-state index contributed by atoms with van der Waals surface area (Å²) in [6.07, 6.45) is 5.53. The number of hydrogen-bond donors (Lipinski definition) is 1. The van der Waals surface area contributed by atoms with E-state index in [2.05, 4.69) is 44.0 Å². The topological polar surface area (TPSA) is 62.5 Å². The predicted octanol–water partition coefficient (Wildman–Crippen LogP) is 4.12. The molecule has 0 atom stereocenters. The number of hydrogen-bond acceptors (Lipinski definition) is 4. The molecular formula is C23H27N5O. The third-order valence-electron chi connectivity index (χ3n) is 5.51. The fourth-order valence-electron chi connectivity index (χ4n) is 3.94. The molecular weight excluding hydrogens is 362 g/mol. The number of rotatable bonds is 5. The number of imidazole rings is 1. The van der Waals surface area contributed by atoms with E-state index in [0.717, 1.165) is 42.1 Å². The Morgan fingerprint density at radius 3 is 2.62 bits per heavy atom. The van der Waals surface area contributed by atoms with Crippen LogP contribution < -0.4 is 10.3 Å². The van der Waals surface area contributed by atoms with Crippen LogP contribution in [0.3, 0.4) is 0 Å². The number of piperidine rings is 1. The van der Waals surface area contributed by atoms with Gasteiger partial charge in [-0.25, -0.2) is 10.4 Å². The Hall–Kier alpha value is -3.15. The fraction of sp³-hybridized carbons (Fsp3) is 0.348. The van der Waals surface area contributed by atoms with Crippen LogP contribution in [-0.4, -0.2) is 34.8 Å². The van der Waals surface area contributed by atoms with Crippen LogP contribution in [0.15, 0.2) is 47.6 Å². The number of anilines is 1. The van der Waals surface area contributed by atoms with Gasteiger partial charge in [-0.2, -0.15) is 5.10 Å². The maximum atomic E-state index is 12.4. The molecule has 150 valence electrons. The number of benzene rings is 2. The van der Waals surface area contributed by atoms with E-state index in [1.54, 1.807) is 6.21 Å². The van der Waals surface area contributed by atoms with E-state index in [-0.39, 0.29) is 5.91 Å². The van der Waals surface area contributed by atoms with E-state index < -0.39 is 0 Å². The summed E-state index contributed by atoms with van der Waals surface area (Å²) in [7, 11) is 0. The molecule has 1 aromatic heterocycles. The van der Waals surface area contributed by atoms with Gasteiger partial charge >= 0.3 is 0 Å². The number of carbonyl (C=O) groups excluding carboxylic acids is 1. The third-order valence-corrected chi connectivity index (χ3v) is 5.51. The number of hydrazone groups is 1. The molecule has 6 heteroatoms. The first-order valence-corrected chi connectivity index (χ1v) is 10.3. The molecule has 0 bridgehead atoms. The number of carbonyl (C=O) groups is 1. The van der Waals surface area contributed by atoms with Crippen molar-refractivity contribution in [3.8, 4) is 0 Å². The summed E-state index contributed by atoms with van der Waals surface area (Å²) < 4.78 is 2.13. The van der Waals surface area contributed by atoms with Crippen molar-refractivity contribution in [1.29, 1.82) is 0 Å². The SMILES string of the molecule is CCn1c(C)nc2cc(C(=O)N/N=C\c3ccc(N4CCCCC4)cc3)ccc21. The number of nitrogens with one attached hydrogen (secondary N) is 1. The van der Waals surface area contributed by atoms with Crippen LogP contribution in [0.1, 0.15) is 47.9 Å². The summed E-state index contributed by atoms with van der Waals surface area (Å²) in [6.45, 7) is 7.18. The lowest BCUT2D eigenvalue weighted by Crippen LogP contribution is -2.29. The van der Waals surface area contributed by atoms with E-state index in [1.807, 2.05) is 37.3 Å². The lowest BCUT2D eigenvalue weighted by molar-refractivity contribution is 0.0955. The van der Waals surface area contributed by atoms with Crippen molar-refractivity contribution in [2.75, 3.05) is 18.0 Å². The molecule has 1 aliphatic heterocycles. The maximum absolute atomic E-state index is 12.4. The van der Waals surface area contributed by atoms with Crippen molar-refractivity contribution < 1.29 is 4.79 Å². The normalized spacial score (nSPS) is 14.6. The molecule has 1 saturated heterocycles. The number of nitrogens with zero attached hydrogens (tertiary/aromatic N) is 4. The van der Waals surface area contributed by atoms with Crippen LogP contribution in [0, 0.1) is 6.92 Å². The summed E-state index contributed by atoms with van der Waals surface area (Å²) in [6, 6.07) is 13.9. The first-order valence-electron chi connectivity index (χ1n) is 10.3. The Bertz CT molecular complexity index is 1030. The van der Waals surface area contributed by atoms with Gasteiger partial charge in [-0.05, 0) is 69.0 Å². The van der Waals surface area contributed by atoms with E-state index in [0.29, 0.717) is 5.56 Å². The van der Waals surface area contributed by atoms with Crippen LogP contribution >= 0.6 is 0 Å². The van der Waals surface area contributed by atoms with Crippen molar-refractivity contribution in [3.05, 3.63) is 59.4 Å².